The number of nitrogens with one attached hydrogen (secondary N) is 2. The monoisotopic (exact) mass is 475 g/mol. The van der Waals surface area contributed by atoms with Crippen molar-refractivity contribution < 1.29 is 23.9 Å². The van der Waals surface area contributed by atoms with Gasteiger partial charge in [-0.25, -0.2) is 4.79 Å². The van der Waals surface area contributed by atoms with Crippen molar-refractivity contribution in [1.82, 2.24) is 0 Å². The number of esters is 1. The summed E-state index contributed by atoms with van der Waals surface area (Å²) >= 11 is 0. The van der Waals surface area contributed by atoms with E-state index in [4.69, 9.17) is 9.47 Å². The van der Waals surface area contributed by atoms with Crippen LogP contribution in [0.2, 0.25) is 0 Å². The van der Waals surface area contributed by atoms with Crippen LogP contribution in [0.15, 0.2) is 72.8 Å². The van der Waals surface area contributed by atoms with Crippen molar-refractivity contribution >= 4 is 34.8 Å². The molecule has 0 saturated carbocycles. The Morgan fingerprint density at radius 1 is 0.800 bits per heavy atom. The molecule has 0 bridgehead atoms. The van der Waals surface area contributed by atoms with E-state index in [-0.39, 0.29) is 5.91 Å². The third-order valence-corrected chi connectivity index (χ3v) is 5.35. The molecule has 0 spiro atoms. The number of amides is 2. The van der Waals surface area contributed by atoms with Crippen LogP contribution in [0, 0.1) is 0 Å². The van der Waals surface area contributed by atoms with E-state index in [2.05, 4.69) is 29.4 Å². The van der Waals surface area contributed by atoms with E-state index in [0.29, 0.717) is 28.3 Å². The number of methoxy groups -OCH3 is 1. The molecule has 0 aliphatic heterocycles. The number of ether oxygens (including phenoxy) is 2. The van der Waals surface area contributed by atoms with Gasteiger partial charge in [0.2, 0.25) is 0 Å². The number of rotatable bonds is 10. The molecule has 0 atom stereocenters. The highest BCUT2D eigenvalue weighted by Gasteiger charge is 2.13. The number of para-hydroxylation sites is 2. The summed E-state index contributed by atoms with van der Waals surface area (Å²) in [4.78, 5) is 39.1. The van der Waals surface area contributed by atoms with E-state index in [1.807, 2.05) is 18.2 Å². The second kappa shape index (κ2) is 12.2. The van der Waals surface area contributed by atoms with Crippen molar-refractivity contribution in [3.05, 3.63) is 83.9 Å². The summed E-state index contributed by atoms with van der Waals surface area (Å²) in [6.07, 6.45) is 0. The Hall–Kier alpha value is -4.33. The second-order valence-corrected chi connectivity index (χ2v) is 7.58. The maximum Gasteiger partial charge on any atom is 0.338 e. The number of carbonyl (C=O) groups excluding carboxylic acids is 3. The summed E-state index contributed by atoms with van der Waals surface area (Å²) in [6.45, 7) is 5.44. The first-order valence-corrected chi connectivity index (χ1v) is 11.3. The fourth-order valence-corrected chi connectivity index (χ4v) is 3.46. The zero-order valence-corrected chi connectivity index (χ0v) is 20.0. The zero-order chi connectivity index (χ0) is 25.2. The van der Waals surface area contributed by atoms with Crippen molar-refractivity contribution in [3.63, 3.8) is 0 Å². The topological polar surface area (TPSA) is 97.0 Å². The van der Waals surface area contributed by atoms with Gasteiger partial charge in [0.15, 0.2) is 6.61 Å². The summed E-state index contributed by atoms with van der Waals surface area (Å²) in [7, 11) is 1.53. The highest BCUT2D eigenvalue weighted by atomic mass is 16.5. The summed E-state index contributed by atoms with van der Waals surface area (Å²) in [6, 6.07) is 20.6. The van der Waals surface area contributed by atoms with Gasteiger partial charge in [-0.15, -0.1) is 0 Å². The lowest BCUT2D eigenvalue weighted by atomic mass is 10.2. The molecule has 2 N–H and O–H groups in total. The number of benzene rings is 3. The summed E-state index contributed by atoms with van der Waals surface area (Å²) < 4.78 is 10.4. The van der Waals surface area contributed by atoms with Gasteiger partial charge < -0.3 is 25.0 Å². The van der Waals surface area contributed by atoms with Gasteiger partial charge in [0.25, 0.3) is 11.8 Å². The molecule has 0 aliphatic rings. The van der Waals surface area contributed by atoms with Gasteiger partial charge in [0.05, 0.1) is 18.4 Å². The number of carbonyl (C=O) groups is 3. The Balaban J connectivity index is 1.50. The Morgan fingerprint density at radius 3 is 2.06 bits per heavy atom. The Labute approximate surface area is 204 Å². The van der Waals surface area contributed by atoms with Crippen LogP contribution in [-0.2, 0) is 9.53 Å². The van der Waals surface area contributed by atoms with E-state index in [9.17, 15) is 14.4 Å². The van der Waals surface area contributed by atoms with Crippen molar-refractivity contribution in [3.8, 4) is 5.75 Å². The van der Waals surface area contributed by atoms with Crippen LogP contribution in [0.3, 0.4) is 0 Å². The van der Waals surface area contributed by atoms with Crippen molar-refractivity contribution in [2.75, 3.05) is 42.3 Å². The van der Waals surface area contributed by atoms with Crippen molar-refractivity contribution in [2.45, 2.75) is 13.8 Å². The van der Waals surface area contributed by atoms with E-state index in [1.165, 1.54) is 7.11 Å². The fraction of sp³-hybridized carbons (Fsp3) is 0.222. The molecule has 0 radical (unpaired) electrons. The average Bonchev–Trinajstić information content (AvgIpc) is 2.89. The van der Waals surface area contributed by atoms with Crippen LogP contribution < -0.4 is 20.3 Å². The maximum absolute atomic E-state index is 12.5. The Bertz CT molecular complexity index is 1160. The highest BCUT2D eigenvalue weighted by molar-refractivity contribution is 6.05. The molecule has 35 heavy (non-hydrogen) atoms. The predicted molar refractivity (Wildman–Crippen MR) is 136 cm³/mol. The average molecular weight is 476 g/mol. The molecule has 3 aromatic rings. The molecule has 0 heterocycles. The van der Waals surface area contributed by atoms with Gasteiger partial charge in [0.1, 0.15) is 5.75 Å². The third kappa shape index (κ3) is 6.83. The number of nitrogens with zero attached hydrogens (tertiary/aromatic N) is 1. The van der Waals surface area contributed by atoms with Crippen LogP contribution in [0.1, 0.15) is 34.6 Å². The minimum absolute atomic E-state index is 0.312. The van der Waals surface area contributed by atoms with Crippen LogP contribution >= 0.6 is 0 Å². The molecule has 3 rings (SSSR count). The molecule has 8 nitrogen and oxygen atoms in total. The zero-order valence-electron chi connectivity index (χ0n) is 20.0. The summed E-state index contributed by atoms with van der Waals surface area (Å²) in [5.41, 5.74) is 2.84. The molecular formula is C27H29N3O5. The Kier molecular flexibility index (Phi) is 8.83. The summed E-state index contributed by atoms with van der Waals surface area (Å²) in [5, 5.41) is 5.44. The SMILES string of the molecule is CCN(CC)c1ccc(C(=O)OCC(=O)Nc2ccc(C(=O)Nc3ccccc3OC)cc2)cc1. The number of anilines is 3. The van der Waals surface area contributed by atoms with Crippen LogP contribution in [0.4, 0.5) is 17.1 Å². The first kappa shape index (κ1) is 25.3. The smallest absolute Gasteiger partial charge is 0.338 e. The van der Waals surface area contributed by atoms with E-state index in [0.717, 1.165) is 18.8 Å². The molecule has 182 valence electrons. The quantitative estimate of drug-likeness (QED) is 0.417. The largest absolute Gasteiger partial charge is 0.495 e. The van der Waals surface area contributed by atoms with Gasteiger partial charge in [-0.05, 0) is 74.5 Å². The van der Waals surface area contributed by atoms with Crippen molar-refractivity contribution in [2.24, 2.45) is 0 Å². The number of hydrogen-bond donors (Lipinski definition) is 2. The molecule has 8 heteroatoms. The van der Waals surface area contributed by atoms with Gasteiger partial charge in [-0.1, -0.05) is 12.1 Å². The lowest BCUT2D eigenvalue weighted by Crippen LogP contribution is -2.22. The minimum Gasteiger partial charge on any atom is -0.495 e. The van der Waals surface area contributed by atoms with Gasteiger partial charge in [-0.2, -0.15) is 0 Å². The minimum atomic E-state index is -0.574. The van der Waals surface area contributed by atoms with Crippen molar-refractivity contribution in [1.29, 1.82) is 0 Å². The molecule has 0 unspecified atom stereocenters. The summed E-state index contributed by atoms with van der Waals surface area (Å²) in [5.74, 6) is -0.814. The van der Waals surface area contributed by atoms with Crippen LogP contribution in [0.25, 0.3) is 0 Å². The van der Waals surface area contributed by atoms with Gasteiger partial charge in [-0.3, -0.25) is 9.59 Å². The molecule has 0 fully saturated rings. The maximum atomic E-state index is 12.5. The predicted octanol–water partition coefficient (Wildman–Crippen LogP) is 4.59. The first-order chi connectivity index (χ1) is 16.9. The standard InChI is InChI=1S/C27H29N3O5/c1-4-30(5-2)22-16-12-20(13-17-22)27(33)35-18-25(31)28-21-14-10-19(11-15-21)26(32)29-23-8-6-7-9-24(23)34-3/h6-17H,4-5,18H2,1-3H3,(H,28,31)(H,29,32). The molecular weight excluding hydrogens is 446 g/mol. The second-order valence-electron chi connectivity index (χ2n) is 7.58. The highest BCUT2D eigenvalue weighted by Crippen LogP contribution is 2.24. The lowest BCUT2D eigenvalue weighted by Gasteiger charge is -2.20. The molecule has 2 amide bonds. The molecule has 0 aliphatic carbocycles. The number of hydrogen-bond acceptors (Lipinski definition) is 6. The molecule has 0 saturated heterocycles. The molecule has 0 aromatic heterocycles. The lowest BCUT2D eigenvalue weighted by molar-refractivity contribution is -0.119. The normalized spacial score (nSPS) is 10.3. The van der Waals surface area contributed by atoms with Crippen LogP contribution in [0.5, 0.6) is 5.75 Å². The molecule has 3 aromatic carbocycles. The third-order valence-electron chi connectivity index (χ3n) is 5.35. The van der Waals surface area contributed by atoms with E-state index in [1.54, 1.807) is 54.6 Å². The first-order valence-electron chi connectivity index (χ1n) is 11.3. The van der Waals surface area contributed by atoms with Gasteiger partial charge >= 0.3 is 5.97 Å². The van der Waals surface area contributed by atoms with E-state index >= 15 is 0 Å². The van der Waals surface area contributed by atoms with E-state index < -0.39 is 18.5 Å². The van der Waals surface area contributed by atoms with Crippen LogP contribution in [-0.4, -0.2) is 44.6 Å². The Morgan fingerprint density at radius 2 is 1.43 bits per heavy atom. The van der Waals surface area contributed by atoms with Gasteiger partial charge in [0, 0.05) is 30.0 Å². The fourth-order valence-electron chi connectivity index (χ4n) is 3.46.